The van der Waals surface area contributed by atoms with Crippen molar-refractivity contribution in [3.63, 3.8) is 0 Å². The van der Waals surface area contributed by atoms with Crippen molar-refractivity contribution in [2.45, 2.75) is 6.54 Å². The van der Waals surface area contributed by atoms with E-state index in [2.05, 4.69) is 20.3 Å². The maximum Gasteiger partial charge on any atom is 0.239 e. The Morgan fingerprint density at radius 3 is 2.94 bits per heavy atom. The lowest BCUT2D eigenvalue weighted by Gasteiger charge is -2.05. The van der Waals surface area contributed by atoms with Gasteiger partial charge in [0.25, 0.3) is 0 Å². The van der Waals surface area contributed by atoms with Crippen LogP contribution in [0.2, 0.25) is 0 Å². The van der Waals surface area contributed by atoms with Crippen LogP contribution < -0.4 is 11.1 Å². The number of hydrogen-bond donors (Lipinski definition) is 3. The van der Waals surface area contributed by atoms with E-state index in [0.717, 1.165) is 5.56 Å². The summed E-state index contributed by atoms with van der Waals surface area (Å²) in [5.74, 6) is 0.110. The second kappa shape index (κ2) is 4.43. The van der Waals surface area contributed by atoms with Gasteiger partial charge in [-0.15, -0.1) is 0 Å². The first-order chi connectivity index (χ1) is 7.75. The summed E-state index contributed by atoms with van der Waals surface area (Å²) in [6.45, 7) is 0.539. The summed E-state index contributed by atoms with van der Waals surface area (Å²) in [5, 5.41) is 12.2. The summed E-state index contributed by atoms with van der Waals surface area (Å²) in [6, 6.07) is 3.77. The zero-order valence-electron chi connectivity index (χ0n) is 8.46. The molecule has 0 aliphatic heterocycles. The van der Waals surface area contributed by atoms with E-state index in [0.29, 0.717) is 12.5 Å². The fourth-order valence-electron chi connectivity index (χ4n) is 1.15. The van der Waals surface area contributed by atoms with Gasteiger partial charge in [0.15, 0.2) is 0 Å². The minimum absolute atomic E-state index is 0.159. The average Bonchev–Trinajstić information content (AvgIpc) is 2.32. The topological polar surface area (TPSA) is 97.0 Å². The first-order valence-corrected chi connectivity index (χ1v) is 4.70. The Hall–Kier alpha value is -2.37. The Kier molecular flexibility index (Phi) is 2.81. The van der Waals surface area contributed by atoms with Gasteiger partial charge in [-0.05, 0) is 11.6 Å². The van der Waals surface area contributed by atoms with E-state index in [1.54, 1.807) is 12.4 Å². The van der Waals surface area contributed by atoms with E-state index >= 15 is 0 Å². The van der Waals surface area contributed by atoms with Crippen molar-refractivity contribution in [2.24, 2.45) is 0 Å². The summed E-state index contributed by atoms with van der Waals surface area (Å²) in [4.78, 5) is 11.7. The SMILES string of the molecule is Nc1cnc(NCc2cccnc2)nc1O. The molecule has 0 saturated carbocycles. The fraction of sp³-hybridized carbons (Fsp3) is 0.100. The minimum atomic E-state index is -0.219. The number of aromatic hydroxyl groups is 1. The van der Waals surface area contributed by atoms with E-state index in [1.165, 1.54) is 6.20 Å². The number of nitrogen functional groups attached to an aromatic ring is 1. The molecule has 0 aromatic carbocycles. The van der Waals surface area contributed by atoms with Crippen LogP contribution in [0, 0.1) is 0 Å². The molecule has 2 aromatic rings. The molecule has 2 aromatic heterocycles. The highest BCUT2D eigenvalue weighted by atomic mass is 16.3. The van der Waals surface area contributed by atoms with E-state index in [1.807, 2.05) is 12.1 Å². The van der Waals surface area contributed by atoms with Gasteiger partial charge < -0.3 is 16.2 Å². The standard InChI is InChI=1S/C10H11N5O/c11-8-6-14-10(15-9(8)16)13-5-7-2-1-3-12-4-7/h1-4,6H,5,11H2,(H2,13,14,15,16). The van der Waals surface area contributed by atoms with Gasteiger partial charge in [0.05, 0.1) is 6.20 Å². The Morgan fingerprint density at radius 1 is 1.38 bits per heavy atom. The lowest BCUT2D eigenvalue weighted by Crippen LogP contribution is -2.04. The smallest absolute Gasteiger partial charge is 0.239 e. The quantitative estimate of drug-likeness (QED) is 0.702. The molecule has 82 valence electrons. The third-order valence-electron chi connectivity index (χ3n) is 1.97. The highest BCUT2D eigenvalue weighted by molar-refractivity contribution is 5.47. The largest absolute Gasteiger partial charge is 0.492 e. The second-order valence-corrected chi connectivity index (χ2v) is 3.19. The zero-order valence-corrected chi connectivity index (χ0v) is 8.46. The van der Waals surface area contributed by atoms with Gasteiger partial charge in [-0.1, -0.05) is 6.07 Å². The normalized spacial score (nSPS) is 10.0. The molecular formula is C10H11N5O. The molecule has 4 N–H and O–H groups in total. The van der Waals surface area contributed by atoms with E-state index in [9.17, 15) is 5.11 Å². The lowest BCUT2D eigenvalue weighted by molar-refractivity contribution is 0.456. The number of pyridine rings is 1. The third kappa shape index (κ3) is 2.35. The van der Waals surface area contributed by atoms with Crippen LogP contribution >= 0.6 is 0 Å². The first kappa shape index (κ1) is 10.2. The predicted molar refractivity (Wildman–Crippen MR) is 59.7 cm³/mol. The third-order valence-corrected chi connectivity index (χ3v) is 1.97. The Bertz CT molecular complexity index is 474. The molecule has 16 heavy (non-hydrogen) atoms. The fourth-order valence-corrected chi connectivity index (χ4v) is 1.15. The van der Waals surface area contributed by atoms with Crippen molar-refractivity contribution >= 4 is 11.6 Å². The van der Waals surface area contributed by atoms with Gasteiger partial charge in [0, 0.05) is 18.9 Å². The molecule has 2 heterocycles. The number of nitrogens with zero attached hydrogens (tertiary/aromatic N) is 3. The number of aromatic nitrogens is 3. The molecule has 0 unspecified atom stereocenters. The average molecular weight is 217 g/mol. The zero-order chi connectivity index (χ0) is 11.4. The van der Waals surface area contributed by atoms with Crippen LogP contribution in [0.25, 0.3) is 0 Å². The van der Waals surface area contributed by atoms with Gasteiger partial charge in [-0.2, -0.15) is 4.98 Å². The first-order valence-electron chi connectivity index (χ1n) is 4.70. The van der Waals surface area contributed by atoms with E-state index in [-0.39, 0.29) is 11.6 Å². The molecule has 0 bridgehead atoms. The van der Waals surface area contributed by atoms with Crippen molar-refractivity contribution in [3.05, 3.63) is 36.3 Å². The molecule has 0 amide bonds. The van der Waals surface area contributed by atoms with Gasteiger partial charge in [-0.25, -0.2) is 4.98 Å². The summed E-state index contributed by atoms with van der Waals surface area (Å²) >= 11 is 0. The van der Waals surface area contributed by atoms with Gasteiger partial charge in [0.1, 0.15) is 5.69 Å². The van der Waals surface area contributed by atoms with Crippen LogP contribution in [-0.2, 0) is 6.54 Å². The van der Waals surface area contributed by atoms with Gasteiger partial charge >= 0.3 is 0 Å². The molecule has 0 saturated heterocycles. The highest BCUT2D eigenvalue weighted by Gasteiger charge is 2.01. The van der Waals surface area contributed by atoms with Crippen molar-refractivity contribution < 1.29 is 5.11 Å². The van der Waals surface area contributed by atoms with Crippen molar-refractivity contribution in [2.75, 3.05) is 11.1 Å². The van der Waals surface area contributed by atoms with E-state index < -0.39 is 0 Å². The number of hydrogen-bond acceptors (Lipinski definition) is 6. The molecule has 6 heteroatoms. The number of nitrogens with two attached hydrogens (primary N) is 1. The summed E-state index contributed by atoms with van der Waals surface area (Å²) in [5.41, 5.74) is 6.54. The molecule has 0 aliphatic rings. The Labute approximate surface area is 92.2 Å². The van der Waals surface area contributed by atoms with Crippen LogP contribution in [0.15, 0.2) is 30.7 Å². The summed E-state index contributed by atoms with van der Waals surface area (Å²) in [6.07, 6.45) is 4.80. The maximum absolute atomic E-state index is 9.27. The monoisotopic (exact) mass is 217 g/mol. The number of nitrogens with one attached hydrogen (secondary N) is 1. The molecule has 0 radical (unpaired) electrons. The van der Waals surface area contributed by atoms with Crippen LogP contribution in [0.4, 0.5) is 11.6 Å². The van der Waals surface area contributed by atoms with Crippen LogP contribution in [0.1, 0.15) is 5.56 Å². The molecule has 6 nitrogen and oxygen atoms in total. The van der Waals surface area contributed by atoms with Crippen LogP contribution in [-0.4, -0.2) is 20.1 Å². The lowest BCUT2D eigenvalue weighted by atomic mass is 10.3. The Morgan fingerprint density at radius 2 is 2.25 bits per heavy atom. The van der Waals surface area contributed by atoms with Crippen molar-refractivity contribution in [1.82, 2.24) is 15.0 Å². The maximum atomic E-state index is 9.27. The molecule has 0 atom stereocenters. The second-order valence-electron chi connectivity index (χ2n) is 3.19. The van der Waals surface area contributed by atoms with Crippen molar-refractivity contribution in [3.8, 4) is 5.88 Å². The summed E-state index contributed by atoms with van der Waals surface area (Å²) < 4.78 is 0. The number of anilines is 2. The van der Waals surface area contributed by atoms with Crippen LogP contribution in [0.3, 0.4) is 0 Å². The van der Waals surface area contributed by atoms with E-state index in [4.69, 9.17) is 5.73 Å². The Balaban J connectivity index is 2.03. The van der Waals surface area contributed by atoms with Crippen molar-refractivity contribution in [1.29, 1.82) is 0 Å². The van der Waals surface area contributed by atoms with Crippen LogP contribution in [0.5, 0.6) is 5.88 Å². The van der Waals surface area contributed by atoms with Gasteiger partial charge in [-0.3, -0.25) is 4.98 Å². The predicted octanol–water partition coefficient (Wildman–Crippen LogP) is 0.772. The summed E-state index contributed by atoms with van der Waals surface area (Å²) in [7, 11) is 0. The van der Waals surface area contributed by atoms with Gasteiger partial charge in [0.2, 0.25) is 11.8 Å². The molecule has 0 fully saturated rings. The molecule has 0 spiro atoms. The number of rotatable bonds is 3. The molecular weight excluding hydrogens is 206 g/mol. The highest BCUT2D eigenvalue weighted by Crippen LogP contribution is 2.16. The molecule has 0 aliphatic carbocycles. The molecule has 2 rings (SSSR count). The minimum Gasteiger partial charge on any atom is -0.492 e.